The van der Waals surface area contributed by atoms with Gasteiger partial charge in [-0.15, -0.1) is 0 Å². The van der Waals surface area contributed by atoms with Crippen LogP contribution in [0.15, 0.2) is 18.2 Å². The van der Waals surface area contributed by atoms with Gasteiger partial charge >= 0.3 is 0 Å². The quantitative estimate of drug-likeness (QED) is 0.768. The second-order valence-electron chi connectivity index (χ2n) is 3.10. The Morgan fingerprint density at radius 1 is 1.54 bits per heavy atom. The Bertz CT molecular complexity index is 281. The summed E-state index contributed by atoms with van der Waals surface area (Å²) in [7, 11) is 1.63. The number of aliphatic hydroxyl groups excluding tert-OH is 1. The van der Waals surface area contributed by atoms with E-state index in [1.807, 2.05) is 25.1 Å². The average molecular weight is 179 g/mol. The van der Waals surface area contributed by atoms with Crippen molar-refractivity contribution in [2.45, 2.75) is 12.8 Å². The van der Waals surface area contributed by atoms with Gasteiger partial charge in [0.15, 0.2) is 0 Å². The van der Waals surface area contributed by atoms with Crippen LogP contribution in [0.3, 0.4) is 0 Å². The first-order valence-electron chi connectivity index (χ1n) is 4.27. The SMILES string of the molecule is [CH2]C(CO)c1cc(OC)ccc1C. The van der Waals surface area contributed by atoms with Gasteiger partial charge in [0.05, 0.1) is 7.11 Å². The molecule has 1 aromatic rings. The van der Waals surface area contributed by atoms with Crippen LogP contribution in [0.2, 0.25) is 0 Å². The standard InChI is InChI=1S/C11H15O2/c1-8-4-5-10(13-3)6-11(8)9(2)7-12/h4-6,9,12H,2,7H2,1,3H3. The highest BCUT2D eigenvalue weighted by Crippen LogP contribution is 2.23. The zero-order chi connectivity index (χ0) is 9.84. The van der Waals surface area contributed by atoms with Crippen LogP contribution in [0.5, 0.6) is 5.75 Å². The van der Waals surface area contributed by atoms with Crippen LogP contribution >= 0.6 is 0 Å². The van der Waals surface area contributed by atoms with Crippen molar-refractivity contribution in [1.82, 2.24) is 0 Å². The van der Waals surface area contributed by atoms with Crippen LogP contribution in [0.25, 0.3) is 0 Å². The molecule has 2 nitrogen and oxygen atoms in total. The minimum absolute atomic E-state index is 0.0635. The molecule has 0 aliphatic carbocycles. The summed E-state index contributed by atoms with van der Waals surface area (Å²) >= 11 is 0. The highest BCUT2D eigenvalue weighted by molar-refractivity contribution is 5.37. The van der Waals surface area contributed by atoms with E-state index in [-0.39, 0.29) is 12.5 Å². The van der Waals surface area contributed by atoms with E-state index in [4.69, 9.17) is 9.84 Å². The van der Waals surface area contributed by atoms with Gasteiger partial charge in [0.25, 0.3) is 0 Å². The molecular formula is C11H15O2. The molecule has 0 amide bonds. The zero-order valence-electron chi connectivity index (χ0n) is 8.08. The van der Waals surface area contributed by atoms with E-state index < -0.39 is 0 Å². The third-order valence-corrected chi connectivity index (χ3v) is 2.15. The molecule has 0 aliphatic heterocycles. The Balaban J connectivity index is 3.03. The maximum atomic E-state index is 8.97. The molecule has 0 saturated carbocycles. The second-order valence-corrected chi connectivity index (χ2v) is 3.10. The van der Waals surface area contributed by atoms with Gasteiger partial charge in [0.1, 0.15) is 5.75 Å². The molecule has 2 heteroatoms. The molecule has 13 heavy (non-hydrogen) atoms. The minimum atomic E-state index is -0.0740. The number of hydrogen-bond acceptors (Lipinski definition) is 2. The first-order valence-corrected chi connectivity index (χ1v) is 4.27. The van der Waals surface area contributed by atoms with E-state index in [0.29, 0.717) is 0 Å². The van der Waals surface area contributed by atoms with Gasteiger partial charge in [0.2, 0.25) is 0 Å². The van der Waals surface area contributed by atoms with Gasteiger partial charge in [-0.05, 0) is 37.1 Å². The normalized spacial score (nSPS) is 12.6. The van der Waals surface area contributed by atoms with E-state index in [1.165, 1.54) is 0 Å². The van der Waals surface area contributed by atoms with Crippen molar-refractivity contribution in [3.05, 3.63) is 36.2 Å². The Morgan fingerprint density at radius 2 is 2.23 bits per heavy atom. The third-order valence-electron chi connectivity index (χ3n) is 2.15. The van der Waals surface area contributed by atoms with Crippen LogP contribution in [0.4, 0.5) is 0 Å². The topological polar surface area (TPSA) is 29.5 Å². The molecule has 0 aliphatic rings. The molecule has 71 valence electrons. The van der Waals surface area contributed by atoms with Crippen LogP contribution in [-0.2, 0) is 0 Å². The molecule has 0 heterocycles. The molecule has 0 aromatic heterocycles. The monoisotopic (exact) mass is 179 g/mol. The van der Waals surface area contributed by atoms with Crippen molar-refractivity contribution in [2.24, 2.45) is 0 Å². The predicted octanol–water partition coefficient (Wildman–Crippen LogP) is 1.91. The fraction of sp³-hybridized carbons (Fsp3) is 0.364. The Hall–Kier alpha value is -1.02. The Kier molecular flexibility index (Phi) is 3.32. The summed E-state index contributed by atoms with van der Waals surface area (Å²) in [5.74, 6) is 0.734. The lowest BCUT2D eigenvalue weighted by Gasteiger charge is -2.12. The summed E-state index contributed by atoms with van der Waals surface area (Å²) in [5.41, 5.74) is 2.18. The number of benzene rings is 1. The lowest BCUT2D eigenvalue weighted by atomic mass is 9.97. The van der Waals surface area contributed by atoms with Crippen molar-refractivity contribution < 1.29 is 9.84 Å². The van der Waals surface area contributed by atoms with Gasteiger partial charge in [-0.1, -0.05) is 6.07 Å². The van der Waals surface area contributed by atoms with Crippen LogP contribution in [0, 0.1) is 13.8 Å². The number of rotatable bonds is 3. The second kappa shape index (κ2) is 4.28. The van der Waals surface area contributed by atoms with Gasteiger partial charge in [-0.2, -0.15) is 0 Å². The third kappa shape index (κ3) is 2.22. The fourth-order valence-electron chi connectivity index (χ4n) is 1.28. The van der Waals surface area contributed by atoms with Gasteiger partial charge in [0, 0.05) is 12.5 Å². The Labute approximate surface area is 79.2 Å². The van der Waals surface area contributed by atoms with E-state index in [1.54, 1.807) is 7.11 Å². The first kappa shape index (κ1) is 10.1. The minimum Gasteiger partial charge on any atom is -0.497 e. The number of hydrogen-bond donors (Lipinski definition) is 1. The summed E-state index contributed by atoms with van der Waals surface area (Å²) in [6.45, 7) is 5.92. The molecule has 0 bridgehead atoms. The predicted molar refractivity (Wildman–Crippen MR) is 52.9 cm³/mol. The summed E-state index contributed by atoms with van der Waals surface area (Å²) in [6.07, 6.45) is 0. The van der Waals surface area contributed by atoms with E-state index in [0.717, 1.165) is 16.9 Å². The largest absolute Gasteiger partial charge is 0.497 e. The lowest BCUT2D eigenvalue weighted by Crippen LogP contribution is -2.02. The molecule has 0 saturated heterocycles. The van der Waals surface area contributed by atoms with Crippen molar-refractivity contribution in [3.63, 3.8) is 0 Å². The highest BCUT2D eigenvalue weighted by atomic mass is 16.5. The molecule has 1 aromatic carbocycles. The molecule has 0 spiro atoms. The van der Waals surface area contributed by atoms with Crippen molar-refractivity contribution in [2.75, 3.05) is 13.7 Å². The highest BCUT2D eigenvalue weighted by Gasteiger charge is 2.08. The molecule has 1 atom stereocenters. The fourth-order valence-corrected chi connectivity index (χ4v) is 1.28. The van der Waals surface area contributed by atoms with Crippen LogP contribution in [0.1, 0.15) is 17.0 Å². The summed E-state index contributed by atoms with van der Waals surface area (Å²) in [5, 5.41) is 8.97. The summed E-state index contributed by atoms with van der Waals surface area (Å²) in [6, 6.07) is 5.80. The van der Waals surface area contributed by atoms with Crippen molar-refractivity contribution in [3.8, 4) is 5.75 Å². The zero-order valence-corrected chi connectivity index (χ0v) is 8.08. The Morgan fingerprint density at radius 3 is 2.77 bits per heavy atom. The van der Waals surface area contributed by atoms with Gasteiger partial charge < -0.3 is 9.84 Å². The van der Waals surface area contributed by atoms with Gasteiger partial charge in [-0.3, -0.25) is 0 Å². The molecule has 1 rings (SSSR count). The van der Waals surface area contributed by atoms with Crippen LogP contribution < -0.4 is 4.74 Å². The number of aliphatic hydroxyl groups is 1. The maximum absolute atomic E-state index is 8.97. The summed E-state index contributed by atoms with van der Waals surface area (Å²) < 4.78 is 5.10. The van der Waals surface area contributed by atoms with Gasteiger partial charge in [-0.25, -0.2) is 0 Å². The smallest absolute Gasteiger partial charge is 0.119 e. The van der Waals surface area contributed by atoms with Crippen LogP contribution in [-0.4, -0.2) is 18.8 Å². The maximum Gasteiger partial charge on any atom is 0.119 e. The van der Waals surface area contributed by atoms with E-state index >= 15 is 0 Å². The van der Waals surface area contributed by atoms with E-state index in [2.05, 4.69) is 6.92 Å². The molecule has 0 fully saturated rings. The number of ether oxygens (including phenoxy) is 1. The number of methoxy groups -OCH3 is 1. The van der Waals surface area contributed by atoms with E-state index in [9.17, 15) is 0 Å². The lowest BCUT2D eigenvalue weighted by molar-refractivity contribution is 0.282. The molecule has 1 unspecified atom stereocenters. The molecule has 1 radical (unpaired) electrons. The number of aryl methyl sites for hydroxylation is 1. The first-order chi connectivity index (χ1) is 6.19. The van der Waals surface area contributed by atoms with Crippen molar-refractivity contribution >= 4 is 0 Å². The summed E-state index contributed by atoms with van der Waals surface area (Å²) in [4.78, 5) is 0. The van der Waals surface area contributed by atoms with Crippen molar-refractivity contribution in [1.29, 1.82) is 0 Å². The molecule has 1 N–H and O–H groups in total. The molecular weight excluding hydrogens is 164 g/mol. The average Bonchev–Trinajstić information content (AvgIpc) is 2.17.